The molecule has 2 rings (SSSR count). The lowest BCUT2D eigenvalue weighted by atomic mass is 10.2. The molecule has 0 unspecified atom stereocenters. The average molecular weight is 244 g/mol. The molecule has 0 amide bonds. The molecule has 4 nitrogen and oxygen atoms in total. The van der Waals surface area contributed by atoms with Gasteiger partial charge in [0.2, 0.25) is 0 Å². The number of aromatic nitrogens is 1. The second kappa shape index (κ2) is 5.40. The van der Waals surface area contributed by atoms with Crippen LogP contribution in [0.3, 0.4) is 0 Å². The first-order valence-electron chi connectivity index (χ1n) is 5.64. The van der Waals surface area contributed by atoms with Crippen molar-refractivity contribution in [3.05, 3.63) is 42.1 Å². The molecule has 0 bridgehead atoms. The van der Waals surface area contributed by atoms with Crippen molar-refractivity contribution in [1.29, 1.82) is 0 Å². The number of benzene rings is 1. The molecule has 0 aliphatic heterocycles. The molecule has 0 radical (unpaired) electrons. The summed E-state index contributed by atoms with van der Waals surface area (Å²) in [4.78, 5) is 4.26. The Morgan fingerprint density at radius 1 is 1.06 bits per heavy atom. The Bertz CT molecular complexity index is 541. The minimum atomic E-state index is 0.749. The first-order valence-corrected chi connectivity index (χ1v) is 5.64. The highest BCUT2D eigenvalue weighted by Gasteiger charge is 2.05. The maximum absolute atomic E-state index is 5.30. The first kappa shape index (κ1) is 12.2. The van der Waals surface area contributed by atoms with Gasteiger partial charge >= 0.3 is 0 Å². The SMILES string of the molecule is COc1ccc(OC)c(Nc2cc(C)ccn2)c1. The van der Waals surface area contributed by atoms with Crippen LogP contribution in [0.4, 0.5) is 11.5 Å². The number of nitrogens with one attached hydrogen (secondary N) is 1. The van der Waals surface area contributed by atoms with Crippen molar-refractivity contribution < 1.29 is 9.47 Å². The van der Waals surface area contributed by atoms with Gasteiger partial charge < -0.3 is 14.8 Å². The van der Waals surface area contributed by atoms with Gasteiger partial charge in [-0.2, -0.15) is 0 Å². The van der Waals surface area contributed by atoms with Gasteiger partial charge in [0.05, 0.1) is 19.9 Å². The summed E-state index contributed by atoms with van der Waals surface area (Å²) in [6, 6.07) is 9.51. The number of nitrogens with zero attached hydrogens (tertiary/aromatic N) is 1. The summed E-state index contributed by atoms with van der Waals surface area (Å²) >= 11 is 0. The molecule has 2 aromatic rings. The predicted molar refractivity (Wildman–Crippen MR) is 71.8 cm³/mol. The Hall–Kier alpha value is -2.23. The van der Waals surface area contributed by atoms with Gasteiger partial charge in [-0.1, -0.05) is 0 Å². The normalized spacial score (nSPS) is 9.94. The third-order valence-corrected chi connectivity index (χ3v) is 2.58. The third kappa shape index (κ3) is 2.71. The zero-order chi connectivity index (χ0) is 13.0. The van der Waals surface area contributed by atoms with E-state index in [2.05, 4.69) is 10.3 Å². The lowest BCUT2D eigenvalue weighted by molar-refractivity contribution is 0.405. The summed E-state index contributed by atoms with van der Waals surface area (Å²) in [5.41, 5.74) is 1.98. The van der Waals surface area contributed by atoms with Gasteiger partial charge in [0.15, 0.2) is 0 Å². The maximum Gasteiger partial charge on any atom is 0.142 e. The van der Waals surface area contributed by atoms with E-state index < -0.39 is 0 Å². The van der Waals surface area contributed by atoms with E-state index in [1.54, 1.807) is 20.4 Å². The molecule has 4 heteroatoms. The zero-order valence-electron chi connectivity index (χ0n) is 10.7. The molecule has 0 fully saturated rings. The Balaban J connectivity index is 2.32. The van der Waals surface area contributed by atoms with Crippen LogP contribution in [-0.2, 0) is 0 Å². The molecule has 0 aliphatic carbocycles. The molecular weight excluding hydrogens is 228 g/mol. The molecule has 1 aromatic heterocycles. The molecule has 1 heterocycles. The van der Waals surface area contributed by atoms with Crippen LogP contribution < -0.4 is 14.8 Å². The van der Waals surface area contributed by atoms with Crippen molar-refractivity contribution in [2.45, 2.75) is 6.92 Å². The Labute approximate surface area is 107 Å². The van der Waals surface area contributed by atoms with Gasteiger partial charge in [-0.15, -0.1) is 0 Å². The summed E-state index contributed by atoms with van der Waals surface area (Å²) in [7, 11) is 3.27. The monoisotopic (exact) mass is 244 g/mol. The lowest BCUT2D eigenvalue weighted by Gasteiger charge is -2.12. The van der Waals surface area contributed by atoms with E-state index in [1.807, 2.05) is 37.3 Å². The van der Waals surface area contributed by atoms with Gasteiger partial charge in [0, 0.05) is 12.3 Å². The molecule has 0 saturated carbocycles. The molecule has 0 atom stereocenters. The summed E-state index contributed by atoms with van der Waals surface area (Å²) in [6.45, 7) is 2.02. The van der Waals surface area contributed by atoms with Gasteiger partial charge in [0.1, 0.15) is 17.3 Å². The highest BCUT2D eigenvalue weighted by Crippen LogP contribution is 2.30. The minimum absolute atomic E-state index is 0.749. The van der Waals surface area contributed by atoms with Crippen molar-refractivity contribution >= 4 is 11.5 Å². The quantitative estimate of drug-likeness (QED) is 0.897. The Morgan fingerprint density at radius 2 is 1.89 bits per heavy atom. The van der Waals surface area contributed by atoms with E-state index in [1.165, 1.54) is 0 Å². The number of anilines is 2. The van der Waals surface area contributed by atoms with E-state index in [9.17, 15) is 0 Å². The second-order valence-corrected chi connectivity index (χ2v) is 3.91. The topological polar surface area (TPSA) is 43.4 Å². The van der Waals surface area contributed by atoms with E-state index in [0.717, 1.165) is 28.6 Å². The number of pyridine rings is 1. The van der Waals surface area contributed by atoms with Crippen LogP contribution in [0.1, 0.15) is 5.56 Å². The third-order valence-electron chi connectivity index (χ3n) is 2.58. The van der Waals surface area contributed by atoms with Crippen molar-refractivity contribution in [2.75, 3.05) is 19.5 Å². The van der Waals surface area contributed by atoms with Gasteiger partial charge in [-0.25, -0.2) is 4.98 Å². The van der Waals surface area contributed by atoms with Crippen LogP contribution in [0.2, 0.25) is 0 Å². The van der Waals surface area contributed by atoms with Crippen LogP contribution in [-0.4, -0.2) is 19.2 Å². The van der Waals surface area contributed by atoms with Crippen molar-refractivity contribution in [1.82, 2.24) is 4.98 Å². The highest BCUT2D eigenvalue weighted by atomic mass is 16.5. The van der Waals surface area contributed by atoms with Crippen LogP contribution in [0.15, 0.2) is 36.5 Å². The molecule has 0 spiro atoms. The number of hydrogen-bond donors (Lipinski definition) is 1. The van der Waals surface area contributed by atoms with E-state index >= 15 is 0 Å². The van der Waals surface area contributed by atoms with Crippen LogP contribution >= 0.6 is 0 Å². The number of ether oxygens (including phenoxy) is 2. The molecule has 1 N–H and O–H groups in total. The predicted octanol–water partition coefficient (Wildman–Crippen LogP) is 3.15. The molecule has 18 heavy (non-hydrogen) atoms. The van der Waals surface area contributed by atoms with Gasteiger partial charge in [-0.05, 0) is 36.8 Å². The highest BCUT2D eigenvalue weighted by molar-refractivity contribution is 5.66. The summed E-state index contributed by atoms with van der Waals surface area (Å²) < 4.78 is 10.5. The number of aryl methyl sites for hydroxylation is 1. The fourth-order valence-corrected chi connectivity index (χ4v) is 1.65. The van der Waals surface area contributed by atoms with Crippen LogP contribution in [0.5, 0.6) is 11.5 Å². The zero-order valence-corrected chi connectivity index (χ0v) is 10.7. The summed E-state index contributed by atoms with van der Waals surface area (Å²) in [6.07, 6.45) is 1.77. The van der Waals surface area contributed by atoms with Gasteiger partial charge in [-0.3, -0.25) is 0 Å². The maximum atomic E-state index is 5.30. The summed E-state index contributed by atoms with van der Waals surface area (Å²) in [5.74, 6) is 2.30. The second-order valence-electron chi connectivity index (χ2n) is 3.91. The van der Waals surface area contributed by atoms with E-state index in [4.69, 9.17) is 9.47 Å². The molecule has 94 valence electrons. The standard InChI is InChI=1S/C14H16N2O2/c1-10-6-7-15-14(8-10)16-12-9-11(17-2)4-5-13(12)18-3/h4-9H,1-3H3,(H,15,16). The molecular formula is C14H16N2O2. The van der Waals surface area contributed by atoms with Crippen LogP contribution in [0, 0.1) is 6.92 Å². The van der Waals surface area contributed by atoms with Crippen LogP contribution in [0.25, 0.3) is 0 Å². The number of methoxy groups -OCH3 is 2. The van der Waals surface area contributed by atoms with E-state index in [-0.39, 0.29) is 0 Å². The molecule has 0 aliphatic rings. The lowest BCUT2D eigenvalue weighted by Crippen LogP contribution is -1.97. The first-order chi connectivity index (χ1) is 8.72. The summed E-state index contributed by atoms with van der Waals surface area (Å²) in [5, 5.41) is 3.22. The fourth-order valence-electron chi connectivity index (χ4n) is 1.65. The smallest absolute Gasteiger partial charge is 0.142 e. The van der Waals surface area contributed by atoms with Crippen molar-refractivity contribution in [3.8, 4) is 11.5 Å². The molecule has 1 aromatic carbocycles. The van der Waals surface area contributed by atoms with Crippen molar-refractivity contribution in [2.24, 2.45) is 0 Å². The Morgan fingerprint density at radius 3 is 2.56 bits per heavy atom. The Kier molecular flexibility index (Phi) is 3.67. The average Bonchev–Trinajstić information content (AvgIpc) is 2.38. The number of rotatable bonds is 4. The fraction of sp³-hybridized carbons (Fsp3) is 0.214. The molecule has 0 saturated heterocycles. The minimum Gasteiger partial charge on any atom is -0.497 e. The van der Waals surface area contributed by atoms with E-state index in [0.29, 0.717) is 0 Å². The largest absolute Gasteiger partial charge is 0.497 e. The van der Waals surface area contributed by atoms with Gasteiger partial charge in [0.25, 0.3) is 0 Å². The number of hydrogen-bond acceptors (Lipinski definition) is 4. The van der Waals surface area contributed by atoms with Crippen molar-refractivity contribution in [3.63, 3.8) is 0 Å².